The summed E-state index contributed by atoms with van der Waals surface area (Å²) < 4.78 is 13.1. The predicted molar refractivity (Wildman–Crippen MR) is 105 cm³/mol. The number of anilines is 1. The Morgan fingerprint density at radius 2 is 1.81 bits per heavy atom. The Hall–Kier alpha value is -1.62. The van der Waals surface area contributed by atoms with Gasteiger partial charge in [-0.3, -0.25) is 4.79 Å². The lowest BCUT2D eigenvalue weighted by Gasteiger charge is -2.39. The second-order valence-electron chi connectivity index (χ2n) is 10.1. The number of amides is 1. The highest BCUT2D eigenvalue weighted by Crippen LogP contribution is 2.52. The number of likely N-dealkylation sites (tertiary alicyclic amines) is 1. The molecule has 148 valence electrons. The number of nitrogens with zero attached hydrogens (tertiary/aromatic N) is 2. The lowest BCUT2D eigenvalue weighted by atomic mass is 9.65. The summed E-state index contributed by atoms with van der Waals surface area (Å²) in [7, 11) is 0. The molecule has 5 heteroatoms. The van der Waals surface area contributed by atoms with Crippen molar-refractivity contribution in [1.82, 2.24) is 4.90 Å². The van der Waals surface area contributed by atoms with Gasteiger partial charge in [0.25, 0.3) is 5.91 Å². The molecule has 1 aromatic carbocycles. The van der Waals surface area contributed by atoms with Crippen molar-refractivity contribution >= 4 is 11.6 Å². The van der Waals surface area contributed by atoms with E-state index in [-0.39, 0.29) is 5.82 Å². The minimum absolute atomic E-state index is 0.193. The largest absolute Gasteiger partial charge is 0.360 e. The average Bonchev–Trinajstić information content (AvgIpc) is 2.85. The zero-order valence-corrected chi connectivity index (χ0v) is 16.9. The van der Waals surface area contributed by atoms with Crippen molar-refractivity contribution in [1.29, 1.82) is 0 Å². The molecular formula is C22H33FN3O+. The van der Waals surface area contributed by atoms with Crippen LogP contribution < -0.4 is 9.80 Å². The van der Waals surface area contributed by atoms with Gasteiger partial charge in [0.05, 0.1) is 26.2 Å². The lowest BCUT2D eigenvalue weighted by molar-refractivity contribution is -0.892. The number of quaternary nitrogens is 1. The third-order valence-electron chi connectivity index (χ3n) is 6.80. The number of hydrogen-bond donors (Lipinski definition) is 1. The number of carbonyl (C=O) groups is 1. The van der Waals surface area contributed by atoms with Gasteiger partial charge in [0.15, 0.2) is 6.54 Å². The van der Waals surface area contributed by atoms with Gasteiger partial charge in [-0.2, -0.15) is 0 Å². The van der Waals surface area contributed by atoms with Crippen molar-refractivity contribution < 1.29 is 14.1 Å². The van der Waals surface area contributed by atoms with Crippen molar-refractivity contribution in [2.45, 2.75) is 46.1 Å². The molecule has 0 aromatic heterocycles. The van der Waals surface area contributed by atoms with Crippen LogP contribution in [0.5, 0.6) is 0 Å². The predicted octanol–water partition coefficient (Wildman–Crippen LogP) is 1.96. The number of carbonyl (C=O) groups excluding carboxylic acids is 1. The van der Waals surface area contributed by atoms with Crippen LogP contribution in [0, 0.1) is 16.6 Å². The number of fused-ring (bicyclic) bond motifs is 2. The highest BCUT2D eigenvalue weighted by molar-refractivity contribution is 5.78. The van der Waals surface area contributed by atoms with Crippen LogP contribution in [0.3, 0.4) is 0 Å². The molecule has 0 unspecified atom stereocenters. The van der Waals surface area contributed by atoms with E-state index in [1.54, 1.807) is 0 Å². The first-order valence-electron chi connectivity index (χ1n) is 10.4. The summed E-state index contributed by atoms with van der Waals surface area (Å²) in [5, 5.41) is 0. The van der Waals surface area contributed by atoms with Crippen molar-refractivity contribution in [3.05, 3.63) is 30.1 Å². The summed E-state index contributed by atoms with van der Waals surface area (Å²) in [5.41, 5.74) is 1.73. The molecule has 1 aromatic rings. The van der Waals surface area contributed by atoms with E-state index in [1.165, 1.54) is 29.9 Å². The van der Waals surface area contributed by atoms with Gasteiger partial charge in [0.2, 0.25) is 0 Å². The van der Waals surface area contributed by atoms with E-state index < -0.39 is 0 Å². The Labute approximate surface area is 162 Å². The summed E-state index contributed by atoms with van der Waals surface area (Å²) in [4.78, 5) is 18.9. The minimum Gasteiger partial charge on any atom is -0.360 e. The molecule has 3 fully saturated rings. The maximum absolute atomic E-state index is 13.1. The highest BCUT2D eigenvalue weighted by atomic mass is 19.1. The summed E-state index contributed by atoms with van der Waals surface area (Å²) in [6.45, 7) is 12.4. The van der Waals surface area contributed by atoms with Crippen molar-refractivity contribution in [3.8, 4) is 0 Å². The van der Waals surface area contributed by atoms with Crippen LogP contribution in [0.15, 0.2) is 24.3 Å². The maximum atomic E-state index is 13.1. The second kappa shape index (κ2) is 6.77. The van der Waals surface area contributed by atoms with E-state index in [2.05, 4.69) is 30.6 Å². The molecule has 4 rings (SSSR count). The highest BCUT2D eigenvalue weighted by Gasteiger charge is 2.51. The number of halogens is 1. The van der Waals surface area contributed by atoms with Gasteiger partial charge >= 0.3 is 0 Å². The molecule has 1 aliphatic carbocycles. The van der Waals surface area contributed by atoms with Gasteiger partial charge in [0.1, 0.15) is 5.82 Å². The molecule has 2 aliphatic heterocycles. The van der Waals surface area contributed by atoms with Gasteiger partial charge in [-0.1, -0.05) is 20.8 Å². The number of piperazine rings is 1. The van der Waals surface area contributed by atoms with Crippen molar-refractivity contribution in [3.63, 3.8) is 0 Å². The Bertz CT molecular complexity index is 696. The van der Waals surface area contributed by atoms with Crippen LogP contribution >= 0.6 is 0 Å². The standard InChI is InChI=1S/C22H32FN3O/c1-21(2)12-19-13-22(3,15-21)16-26(19)20(27)14-24-8-10-25(11-9-24)18-6-4-17(23)5-7-18/h4-7,19H,8-16H2,1-3H3/p+1/t19-,22-/m1/s1. The molecule has 1 amide bonds. The lowest BCUT2D eigenvalue weighted by Crippen LogP contribution is -3.16. The number of nitrogens with one attached hydrogen (secondary N) is 1. The molecule has 1 saturated carbocycles. The number of hydrogen-bond acceptors (Lipinski definition) is 2. The fourth-order valence-corrected chi connectivity index (χ4v) is 5.98. The number of benzene rings is 1. The zero-order chi connectivity index (χ0) is 19.2. The Balaban J connectivity index is 1.32. The molecule has 1 N–H and O–H groups in total. The zero-order valence-electron chi connectivity index (χ0n) is 16.9. The van der Waals surface area contributed by atoms with E-state index in [0.717, 1.165) is 44.8 Å². The molecule has 0 radical (unpaired) electrons. The Morgan fingerprint density at radius 1 is 1.15 bits per heavy atom. The molecule has 2 heterocycles. The van der Waals surface area contributed by atoms with Crippen LogP contribution in [0.1, 0.15) is 40.0 Å². The first-order chi connectivity index (χ1) is 12.7. The molecule has 0 spiro atoms. The molecule has 2 bridgehead atoms. The monoisotopic (exact) mass is 374 g/mol. The molecular weight excluding hydrogens is 341 g/mol. The minimum atomic E-state index is -0.193. The Morgan fingerprint density at radius 3 is 2.48 bits per heavy atom. The summed E-state index contributed by atoms with van der Waals surface area (Å²) in [5.74, 6) is 0.146. The van der Waals surface area contributed by atoms with Crippen LogP contribution in [0.4, 0.5) is 10.1 Å². The first kappa shape index (κ1) is 18.7. The summed E-state index contributed by atoms with van der Waals surface area (Å²) in [6, 6.07) is 7.17. The van der Waals surface area contributed by atoms with Crippen LogP contribution in [-0.2, 0) is 4.79 Å². The maximum Gasteiger partial charge on any atom is 0.278 e. The normalized spacial score (nSPS) is 30.6. The fourth-order valence-electron chi connectivity index (χ4n) is 5.98. The van der Waals surface area contributed by atoms with E-state index in [1.807, 2.05) is 12.1 Å². The van der Waals surface area contributed by atoms with Crippen molar-refractivity contribution in [2.75, 3.05) is 44.2 Å². The second-order valence-corrected chi connectivity index (χ2v) is 10.1. The smallest absolute Gasteiger partial charge is 0.278 e. The summed E-state index contributed by atoms with van der Waals surface area (Å²) >= 11 is 0. The van der Waals surface area contributed by atoms with Gasteiger partial charge in [-0.15, -0.1) is 0 Å². The SMILES string of the molecule is CC1(C)C[C@@H]2C[C@@](C)(CN2C(=O)C[NH+]2CCN(c3ccc(F)cc3)CC2)C1. The van der Waals surface area contributed by atoms with Crippen LogP contribution in [0.25, 0.3) is 0 Å². The van der Waals surface area contributed by atoms with Gasteiger partial charge in [0, 0.05) is 18.3 Å². The van der Waals surface area contributed by atoms with Crippen LogP contribution in [-0.4, -0.2) is 56.1 Å². The van der Waals surface area contributed by atoms with E-state index >= 15 is 0 Å². The third kappa shape index (κ3) is 3.98. The molecule has 27 heavy (non-hydrogen) atoms. The van der Waals surface area contributed by atoms with Crippen LogP contribution in [0.2, 0.25) is 0 Å². The summed E-state index contributed by atoms with van der Waals surface area (Å²) in [6.07, 6.45) is 3.54. The quantitative estimate of drug-likeness (QED) is 0.876. The molecule has 2 atom stereocenters. The van der Waals surface area contributed by atoms with E-state index in [4.69, 9.17) is 0 Å². The topological polar surface area (TPSA) is 28.0 Å². The van der Waals surface area contributed by atoms with Crippen molar-refractivity contribution in [2.24, 2.45) is 10.8 Å². The van der Waals surface area contributed by atoms with E-state index in [0.29, 0.717) is 29.3 Å². The Kier molecular flexibility index (Phi) is 4.69. The van der Waals surface area contributed by atoms with Gasteiger partial charge in [-0.25, -0.2) is 4.39 Å². The average molecular weight is 375 g/mol. The van der Waals surface area contributed by atoms with Gasteiger partial charge < -0.3 is 14.7 Å². The molecule has 2 saturated heterocycles. The third-order valence-corrected chi connectivity index (χ3v) is 6.80. The molecule has 4 nitrogen and oxygen atoms in total. The number of rotatable bonds is 3. The molecule has 3 aliphatic rings. The fraction of sp³-hybridized carbons (Fsp3) is 0.682. The van der Waals surface area contributed by atoms with Gasteiger partial charge in [-0.05, 0) is 54.4 Å². The van der Waals surface area contributed by atoms with E-state index in [9.17, 15) is 9.18 Å². The first-order valence-corrected chi connectivity index (χ1v) is 10.4.